The summed E-state index contributed by atoms with van der Waals surface area (Å²) in [5.41, 5.74) is 3.77. The minimum Gasteiger partial charge on any atom is -0.337 e. The van der Waals surface area contributed by atoms with Crippen molar-refractivity contribution >= 4 is 17.5 Å². The summed E-state index contributed by atoms with van der Waals surface area (Å²) < 4.78 is 0. The Hall–Kier alpha value is -2.43. The zero-order chi connectivity index (χ0) is 15.5. The monoisotopic (exact) mass is 296 g/mol. The van der Waals surface area contributed by atoms with Gasteiger partial charge in [-0.3, -0.25) is 4.79 Å². The normalized spacial score (nSPS) is 14.2. The number of nitrogens with one attached hydrogen (secondary N) is 1. The number of nitrogens with zero attached hydrogens (tertiary/aromatic N) is 3. The van der Waals surface area contributed by atoms with E-state index in [1.54, 1.807) is 12.3 Å². The maximum Gasteiger partial charge on any atom is 0.272 e. The van der Waals surface area contributed by atoms with E-state index in [0.29, 0.717) is 11.6 Å². The lowest BCUT2D eigenvalue weighted by Gasteiger charge is -2.15. The SMILES string of the molecule is Cc1cccc(Nc2nccc(C(=O)N3CCCC3)n2)c1C. The van der Waals surface area contributed by atoms with Crippen molar-refractivity contribution in [3.05, 3.63) is 47.3 Å². The van der Waals surface area contributed by atoms with E-state index in [1.807, 2.05) is 17.0 Å². The van der Waals surface area contributed by atoms with Crippen molar-refractivity contribution in [2.75, 3.05) is 18.4 Å². The molecule has 1 aromatic carbocycles. The van der Waals surface area contributed by atoms with Gasteiger partial charge in [-0.2, -0.15) is 0 Å². The molecule has 0 radical (unpaired) electrons. The summed E-state index contributed by atoms with van der Waals surface area (Å²) in [5.74, 6) is 0.447. The van der Waals surface area contributed by atoms with Crippen molar-refractivity contribution in [3.63, 3.8) is 0 Å². The van der Waals surface area contributed by atoms with Gasteiger partial charge in [0.05, 0.1) is 0 Å². The van der Waals surface area contributed by atoms with Gasteiger partial charge in [0, 0.05) is 25.0 Å². The van der Waals surface area contributed by atoms with Crippen molar-refractivity contribution in [3.8, 4) is 0 Å². The molecule has 0 saturated carbocycles. The van der Waals surface area contributed by atoms with Crippen LogP contribution in [0.3, 0.4) is 0 Å². The quantitative estimate of drug-likeness (QED) is 0.945. The number of anilines is 2. The van der Waals surface area contributed by atoms with Crippen molar-refractivity contribution < 1.29 is 4.79 Å². The number of likely N-dealkylation sites (tertiary alicyclic amines) is 1. The van der Waals surface area contributed by atoms with Crippen LogP contribution in [-0.4, -0.2) is 33.9 Å². The molecule has 5 heteroatoms. The number of amides is 1. The molecular weight excluding hydrogens is 276 g/mol. The van der Waals surface area contributed by atoms with Gasteiger partial charge in [-0.05, 0) is 49.9 Å². The Morgan fingerprint density at radius 3 is 2.73 bits per heavy atom. The Kier molecular flexibility index (Phi) is 4.04. The van der Waals surface area contributed by atoms with Crippen LogP contribution in [0.4, 0.5) is 11.6 Å². The van der Waals surface area contributed by atoms with Gasteiger partial charge >= 0.3 is 0 Å². The largest absolute Gasteiger partial charge is 0.337 e. The molecule has 1 amide bonds. The zero-order valence-corrected chi connectivity index (χ0v) is 13.0. The minimum atomic E-state index is -0.0103. The highest BCUT2D eigenvalue weighted by molar-refractivity contribution is 5.92. The number of aryl methyl sites for hydroxylation is 1. The van der Waals surface area contributed by atoms with E-state index in [9.17, 15) is 4.79 Å². The molecular formula is C17H20N4O. The number of carbonyl (C=O) groups is 1. The van der Waals surface area contributed by atoms with Gasteiger partial charge in [0.15, 0.2) is 0 Å². The van der Waals surface area contributed by atoms with Crippen molar-refractivity contribution in [2.45, 2.75) is 26.7 Å². The number of hydrogen-bond acceptors (Lipinski definition) is 4. The van der Waals surface area contributed by atoms with Crippen LogP contribution in [0.25, 0.3) is 0 Å². The Morgan fingerprint density at radius 2 is 1.95 bits per heavy atom. The Balaban J connectivity index is 1.82. The maximum absolute atomic E-state index is 12.4. The summed E-state index contributed by atoms with van der Waals surface area (Å²) in [7, 11) is 0. The van der Waals surface area contributed by atoms with Crippen LogP contribution in [0.2, 0.25) is 0 Å². The van der Waals surface area contributed by atoms with E-state index >= 15 is 0 Å². The number of hydrogen-bond donors (Lipinski definition) is 1. The lowest BCUT2D eigenvalue weighted by atomic mass is 10.1. The second kappa shape index (κ2) is 6.13. The molecule has 2 heterocycles. The Labute approximate surface area is 130 Å². The van der Waals surface area contributed by atoms with E-state index in [0.717, 1.165) is 37.2 Å². The Morgan fingerprint density at radius 1 is 1.18 bits per heavy atom. The third-order valence-electron chi connectivity index (χ3n) is 4.12. The molecule has 1 aromatic heterocycles. The first kappa shape index (κ1) is 14.5. The molecule has 0 unspecified atom stereocenters. The molecule has 2 aromatic rings. The van der Waals surface area contributed by atoms with Crippen molar-refractivity contribution in [2.24, 2.45) is 0 Å². The van der Waals surface area contributed by atoms with Crippen molar-refractivity contribution in [1.82, 2.24) is 14.9 Å². The van der Waals surface area contributed by atoms with E-state index in [1.165, 1.54) is 5.56 Å². The van der Waals surface area contributed by atoms with Gasteiger partial charge < -0.3 is 10.2 Å². The minimum absolute atomic E-state index is 0.0103. The molecule has 1 aliphatic heterocycles. The van der Waals surface area contributed by atoms with E-state index in [4.69, 9.17) is 0 Å². The highest BCUT2D eigenvalue weighted by Crippen LogP contribution is 2.21. The predicted molar refractivity (Wildman–Crippen MR) is 86.4 cm³/mol. The average Bonchev–Trinajstić information content (AvgIpc) is 3.06. The lowest BCUT2D eigenvalue weighted by molar-refractivity contribution is 0.0787. The number of rotatable bonds is 3. The van der Waals surface area contributed by atoms with Crippen LogP contribution in [0.1, 0.15) is 34.5 Å². The van der Waals surface area contributed by atoms with Crippen LogP contribution in [0, 0.1) is 13.8 Å². The molecule has 5 nitrogen and oxygen atoms in total. The molecule has 0 aliphatic carbocycles. The smallest absolute Gasteiger partial charge is 0.272 e. The summed E-state index contributed by atoms with van der Waals surface area (Å²) in [4.78, 5) is 22.8. The Bertz CT molecular complexity index is 693. The molecule has 22 heavy (non-hydrogen) atoms. The molecule has 1 fully saturated rings. The van der Waals surface area contributed by atoms with E-state index < -0.39 is 0 Å². The number of aromatic nitrogens is 2. The highest BCUT2D eigenvalue weighted by Gasteiger charge is 2.20. The van der Waals surface area contributed by atoms with Gasteiger partial charge in [-0.15, -0.1) is 0 Å². The fourth-order valence-corrected chi connectivity index (χ4v) is 2.63. The van der Waals surface area contributed by atoms with Gasteiger partial charge in [0.25, 0.3) is 5.91 Å². The highest BCUT2D eigenvalue weighted by atomic mass is 16.2. The van der Waals surface area contributed by atoms with E-state index in [-0.39, 0.29) is 5.91 Å². The van der Waals surface area contributed by atoms with E-state index in [2.05, 4.69) is 35.2 Å². The molecule has 3 rings (SSSR count). The lowest BCUT2D eigenvalue weighted by Crippen LogP contribution is -2.28. The molecule has 0 bridgehead atoms. The molecule has 1 N–H and O–H groups in total. The summed E-state index contributed by atoms with van der Waals surface area (Å²) in [6.45, 7) is 5.76. The van der Waals surface area contributed by atoms with Crippen LogP contribution in [0.5, 0.6) is 0 Å². The third kappa shape index (κ3) is 2.93. The summed E-state index contributed by atoms with van der Waals surface area (Å²) in [6.07, 6.45) is 3.78. The third-order valence-corrected chi connectivity index (χ3v) is 4.12. The average molecular weight is 296 g/mol. The van der Waals surface area contributed by atoms with Crippen LogP contribution < -0.4 is 5.32 Å². The summed E-state index contributed by atoms with van der Waals surface area (Å²) in [6, 6.07) is 7.72. The van der Waals surface area contributed by atoms with Gasteiger partial charge in [-0.1, -0.05) is 12.1 Å². The fourth-order valence-electron chi connectivity index (χ4n) is 2.63. The zero-order valence-electron chi connectivity index (χ0n) is 13.0. The molecule has 114 valence electrons. The number of benzene rings is 1. The van der Waals surface area contributed by atoms with Gasteiger partial charge in [-0.25, -0.2) is 9.97 Å². The summed E-state index contributed by atoms with van der Waals surface area (Å²) >= 11 is 0. The topological polar surface area (TPSA) is 58.1 Å². The molecule has 1 saturated heterocycles. The summed E-state index contributed by atoms with van der Waals surface area (Å²) in [5, 5.41) is 3.21. The first-order chi connectivity index (χ1) is 10.6. The molecule has 1 aliphatic rings. The first-order valence-electron chi connectivity index (χ1n) is 7.61. The van der Waals surface area contributed by atoms with Crippen molar-refractivity contribution in [1.29, 1.82) is 0 Å². The van der Waals surface area contributed by atoms with Gasteiger partial charge in [0.1, 0.15) is 5.69 Å². The predicted octanol–water partition coefficient (Wildman–Crippen LogP) is 3.07. The molecule has 0 spiro atoms. The van der Waals surface area contributed by atoms with Crippen LogP contribution >= 0.6 is 0 Å². The first-order valence-corrected chi connectivity index (χ1v) is 7.61. The maximum atomic E-state index is 12.4. The standard InChI is InChI=1S/C17H20N4O/c1-12-6-5-7-14(13(12)2)19-17-18-9-8-15(20-17)16(22)21-10-3-4-11-21/h5-9H,3-4,10-11H2,1-2H3,(H,18,19,20). The van der Waals surface area contributed by atoms with Crippen LogP contribution in [0.15, 0.2) is 30.5 Å². The molecule has 0 atom stereocenters. The second-order valence-corrected chi connectivity index (χ2v) is 5.64. The van der Waals surface area contributed by atoms with Crippen LogP contribution in [-0.2, 0) is 0 Å². The second-order valence-electron chi connectivity index (χ2n) is 5.64. The van der Waals surface area contributed by atoms with Gasteiger partial charge in [0.2, 0.25) is 5.95 Å². The fraction of sp³-hybridized carbons (Fsp3) is 0.353. The number of carbonyl (C=O) groups excluding carboxylic acids is 1.